The fourth-order valence-corrected chi connectivity index (χ4v) is 6.24. The van der Waals surface area contributed by atoms with Crippen LogP contribution in [0.3, 0.4) is 0 Å². The highest BCUT2D eigenvalue weighted by Crippen LogP contribution is 2.61. The Morgan fingerprint density at radius 2 is 0.950 bits per heavy atom. The predicted octanol–water partition coefficient (Wildman–Crippen LogP) is 7.07. The van der Waals surface area contributed by atoms with Gasteiger partial charge in [-0.3, -0.25) is 9.13 Å². The Kier molecular flexibility index (Phi) is 11.1. The molecule has 0 fully saturated rings. The minimum absolute atomic E-state index is 0.279. The zero-order valence-electron chi connectivity index (χ0n) is 21.7. The molecule has 0 saturated heterocycles. The second kappa shape index (κ2) is 13.9. The van der Waals surface area contributed by atoms with E-state index < -0.39 is 38.8 Å². The second-order valence-electron chi connectivity index (χ2n) is 7.84. The van der Waals surface area contributed by atoms with E-state index in [1.54, 1.807) is 0 Å². The molecule has 0 radical (unpaired) electrons. The Morgan fingerprint density at radius 1 is 0.625 bits per heavy atom. The van der Waals surface area contributed by atoms with E-state index in [2.05, 4.69) is 4.98 Å². The molecule has 40 heavy (non-hydrogen) atoms. The Bertz CT molecular complexity index is 1320. The largest absolute Gasteiger partial charge is 0.440 e. The number of rotatable bonds is 12. The van der Waals surface area contributed by atoms with Crippen LogP contribution in [0.25, 0.3) is 0 Å². The lowest BCUT2D eigenvalue weighted by Gasteiger charge is -2.25. The summed E-state index contributed by atoms with van der Waals surface area (Å²) < 4.78 is 57.6. The standard InChI is InChI=1S/C25H25Cl2NO10P2/c1-33-39(31,34-2)24(16-8-12-18(26)13-9-16)37-22(29)20-6-5-7-21(28-20)23(30)38-25(40(32,35-3)36-4)17-10-14-19(27)15-11-17/h5-15,24-25H,1-4H3. The normalized spacial score (nSPS) is 13.3. The molecule has 2 unspecified atom stereocenters. The number of nitrogens with zero attached hydrogens (tertiary/aromatic N) is 1. The summed E-state index contributed by atoms with van der Waals surface area (Å²) in [6.07, 6.45) is 0. The van der Waals surface area contributed by atoms with Crippen molar-refractivity contribution in [3.8, 4) is 0 Å². The van der Waals surface area contributed by atoms with Crippen molar-refractivity contribution < 1.29 is 46.3 Å². The molecule has 0 aliphatic rings. The van der Waals surface area contributed by atoms with Crippen molar-refractivity contribution in [1.29, 1.82) is 0 Å². The number of pyridine rings is 1. The Morgan fingerprint density at radius 3 is 1.25 bits per heavy atom. The summed E-state index contributed by atoms with van der Waals surface area (Å²) in [6.45, 7) is 0. The first kappa shape index (κ1) is 31.9. The lowest BCUT2D eigenvalue weighted by Crippen LogP contribution is -2.18. The van der Waals surface area contributed by atoms with Crippen LogP contribution in [0.1, 0.15) is 43.8 Å². The van der Waals surface area contributed by atoms with Crippen LogP contribution in [0.4, 0.5) is 0 Å². The van der Waals surface area contributed by atoms with Gasteiger partial charge in [-0.05, 0) is 36.4 Å². The van der Waals surface area contributed by atoms with Crippen LogP contribution in [-0.2, 0) is 36.7 Å². The second-order valence-corrected chi connectivity index (χ2v) is 13.3. The molecule has 214 valence electrons. The molecule has 11 nitrogen and oxygen atoms in total. The summed E-state index contributed by atoms with van der Waals surface area (Å²) in [4.78, 5) is 30.2. The number of hydrogen-bond donors (Lipinski definition) is 0. The Balaban J connectivity index is 1.91. The van der Waals surface area contributed by atoms with Gasteiger partial charge in [0, 0.05) is 49.6 Å². The Labute approximate surface area is 240 Å². The number of carbonyl (C=O) groups is 2. The molecular weight excluding hydrogens is 607 g/mol. The number of aromatic nitrogens is 1. The van der Waals surface area contributed by atoms with Gasteiger partial charge < -0.3 is 27.6 Å². The van der Waals surface area contributed by atoms with Crippen LogP contribution >= 0.6 is 38.4 Å². The maximum Gasteiger partial charge on any atom is 0.375 e. The van der Waals surface area contributed by atoms with Crippen LogP contribution in [0, 0.1) is 0 Å². The first-order chi connectivity index (χ1) is 19.0. The zero-order valence-corrected chi connectivity index (χ0v) is 25.0. The fraction of sp³-hybridized carbons (Fsp3) is 0.240. The van der Waals surface area contributed by atoms with Gasteiger partial charge >= 0.3 is 27.1 Å². The van der Waals surface area contributed by atoms with Crippen molar-refractivity contribution in [2.75, 3.05) is 28.4 Å². The van der Waals surface area contributed by atoms with Gasteiger partial charge in [-0.15, -0.1) is 0 Å². The van der Waals surface area contributed by atoms with E-state index >= 15 is 0 Å². The molecule has 0 saturated carbocycles. The first-order valence-corrected chi connectivity index (χ1v) is 15.3. The van der Waals surface area contributed by atoms with Gasteiger partial charge in [-0.2, -0.15) is 0 Å². The molecular formula is C25H25Cl2NO10P2. The van der Waals surface area contributed by atoms with E-state index in [-0.39, 0.29) is 22.5 Å². The predicted molar refractivity (Wildman–Crippen MR) is 147 cm³/mol. The summed E-state index contributed by atoms with van der Waals surface area (Å²) in [6, 6.07) is 15.9. The first-order valence-electron chi connectivity index (χ1n) is 11.3. The van der Waals surface area contributed by atoms with E-state index in [1.165, 1.54) is 66.7 Å². The van der Waals surface area contributed by atoms with Gasteiger partial charge in [0.2, 0.25) is 11.7 Å². The zero-order chi connectivity index (χ0) is 29.5. The number of ether oxygens (including phenoxy) is 2. The van der Waals surface area contributed by atoms with E-state index in [1.807, 2.05) is 0 Å². The highest BCUT2D eigenvalue weighted by Gasteiger charge is 2.41. The maximum atomic E-state index is 13.2. The minimum Gasteiger partial charge on any atom is -0.440 e. The molecule has 15 heteroatoms. The molecule has 0 N–H and O–H groups in total. The number of carbonyl (C=O) groups excluding carboxylic acids is 2. The highest BCUT2D eigenvalue weighted by atomic mass is 35.5. The molecule has 0 aliphatic heterocycles. The van der Waals surface area contributed by atoms with Crippen molar-refractivity contribution in [1.82, 2.24) is 4.98 Å². The third kappa shape index (κ3) is 7.37. The van der Waals surface area contributed by atoms with Crippen LogP contribution < -0.4 is 0 Å². The average molecular weight is 632 g/mol. The van der Waals surface area contributed by atoms with Crippen molar-refractivity contribution in [3.63, 3.8) is 0 Å². The van der Waals surface area contributed by atoms with Gasteiger partial charge in [0.25, 0.3) is 0 Å². The van der Waals surface area contributed by atoms with Crippen molar-refractivity contribution in [2.24, 2.45) is 0 Å². The molecule has 1 heterocycles. The molecule has 2 atom stereocenters. The minimum atomic E-state index is -3.99. The van der Waals surface area contributed by atoms with Crippen molar-refractivity contribution in [3.05, 3.63) is 99.3 Å². The molecule has 0 amide bonds. The molecule has 0 spiro atoms. The number of halogens is 2. The van der Waals surface area contributed by atoms with Crippen molar-refractivity contribution in [2.45, 2.75) is 11.7 Å². The SMILES string of the molecule is COP(=O)(OC)C(OC(=O)c1cccc(C(=O)OC(c2ccc(Cl)cc2)P(=O)(OC)OC)n1)c1ccc(Cl)cc1. The fourth-order valence-electron chi connectivity index (χ4n) is 3.40. The third-order valence-electron chi connectivity index (χ3n) is 5.51. The van der Waals surface area contributed by atoms with Crippen LogP contribution in [0.15, 0.2) is 66.7 Å². The molecule has 3 aromatic rings. The van der Waals surface area contributed by atoms with Gasteiger partial charge in [-0.25, -0.2) is 14.6 Å². The molecule has 1 aromatic heterocycles. The van der Waals surface area contributed by atoms with Gasteiger partial charge in [-0.1, -0.05) is 53.5 Å². The third-order valence-corrected chi connectivity index (χ3v) is 10.0. The average Bonchev–Trinajstić information content (AvgIpc) is 2.98. The highest BCUT2D eigenvalue weighted by molar-refractivity contribution is 7.54. The van der Waals surface area contributed by atoms with Gasteiger partial charge in [0.05, 0.1) is 0 Å². The molecule has 0 bridgehead atoms. The van der Waals surface area contributed by atoms with Gasteiger partial charge in [0.15, 0.2) is 0 Å². The van der Waals surface area contributed by atoms with Gasteiger partial charge in [0.1, 0.15) is 11.4 Å². The van der Waals surface area contributed by atoms with E-state index in [4.69, 9.17) is 50.8 Å². The summed E-state index contributed by atoms with van der Waals surface area (Å²) in [5, 5.41) is 0.796. The molecule has 3 rings (SSSR count). The summed E-state index contributed by atoms with van der Waals surface area (Å²) in [7, 11) is -3.40. The topological polar surface area (TPSA) is 137 Å². The quantitative estimate of drug-likeness (QED) is 0.150. The Hall–Kier alpha value is -2.59. The van der Waals surface area contributed by atoms with Crippen LogP contribution in [0.5, 0.6) is 0 Å². The van der Waals surface area contributed by atoms with E-state index in [9.17, 15) is 18.7 Å². The molecule has 0 aliphatic carbocycles. The van der Waals surface area contributed by atoms with Crippen LogP contribution in [-0.4, -0.2) is 45.4 Å². The smallest absolute Gasteiger partial charge is 0.375 e. The summed E-state index contributed by atoms with van der Waals surface area (Å²) in [5.41, 5.74) is -0.0872. The lowest BCUT2D eigenvalue weighted by atomic mass is 10.2. The maximum absolute atomic E-state index is 13.2. The number of hydrogen-bond acceptors (Lipinski definition) is 11. The number of esters is 2. The van der Waals surface area contributed by atoms with Crippen molar-refractivity contribution >= 4 is 50.3 Å². The number of benzene rings is 2. The lowest BCUT2D eigenvalue weighted by molar-refractivity contribution is 0.0363. The van der Waals surface area contributed by atoms with E-state index in [0.717, 1.165) is 28.4 Å². The summed E-state index contributed by atoms with van der Waals surface area (Å²) in [5.74, 6) is -5.04. The monoisotopic (exact) mass is 631 g/mol. The van der Waals surface area contributed by atoms with Crippen LogP contribution in [0.2, 0.25) is 10.0 Å². The summed E-state index contributed by atoms with van der Waals surface area (Å²) >= 11 is 11.9. The van der Waals surface area contributed by atoms with E-state index in [0.29, 0.717) is 10.0 Å². The molecule has 2 aromatic carbocycles.